The molecule has 3 heterocycles. The molecular weight excluding hydrogens is 458 g/mol. The minimum Gasteiger partial charge on any atom is -0.497 e. The first-order valence-corrected chi connectivity index (χ1v) is 12.2. The van der Waals surface area contributed by atoms with Gasteiger partial charge in [-0.05, 0) is 48.7 Å². The predicted molar refractivity (Wildman–Crippen MR) is 134 cm³/mol. The SMILES string of the molecule is COc1ccc(-c2noc(CN3CCN(C(=O)/C=C/C(=O)N4CCCc5ccccc54)CC3)n2)cc1. The van der Waals surface area contributed by atoms with Crippen LogP contribution in [0.3, 0.4) is 0 Å². The van der Waals surface area contributed by atoms with E-state index in [0.29, 0.717) is 51.0 Å². The summed E-state index contributed by atoms with van der Waals surface area (Å²) in [4.78, 5) is 35.7. The van der Waals surface area contributed by atoms with Gasteiger partial charge in [0.2, 0.25) is 17.6 Å². The van der Waals surface area contributed by atoms with E-state index >= 15 is 0 Å². The molecule has 1 fully saturated rings. The summed E-state index contributed by atoms with van der Waals surface area (Å²) in [7, 11) is 1.62. The van der Waals surface area contributed by atoms with Gasteiger partial charge >= 0.3 is 0 Å². The van der Waals surface area contributed by atoms with E-state index < -0.39 is 0 Å². The number of aryl methyl sites for hydroxylation is 1. The third kappa shape index (κ3) is 5.31. The molecule has 0 radical (unpaired) electrons. The molecule has 0 N–H and O–H groups in total. The molecule has 9 nitrogen and oxygen atoms in total. The third-order valence-corrected chi connectivity index (χ3v) is 6.60. The average Bonchev–Trinajstić information content (AvgIpc) is 3.40. The van der Waals surface area contributed by atoms with Gasteiger partial charge in [-0.3, -0.25) is 14.5 Å². The van der Waals surface area contributed by atoms with Crippen molar-refractivity contribution < 1.29 is 18.8 Å². The maximum atomic E-state index is 12.8. The minimum atomic E-state index is -0.154. The van der Waals surface area contributed by atoms with Gasteiger partial charge in [-0.25, -0.2) is 0 Å². The topological polar surface area (TPSA) is 92.0 Å². The van der Waals surface area contributed by atoms with Gasteiger partial charge in [-0.2, -0.15) is 4.98 Å². The van der Waals surface area contributed by atoms with E-state index in [0.717, 1.165) is 29.8 Å². The van der Waals surface area contributed by atoms with Crippen molar-refractivity contribution >= 4 is 17.5 Å². The van der Waals surface area contributed by atoms with Crippen LogP contribution in [0.5, 0.6) is 5.75 Å². The lowest BCUT2D eigenvalue weighted by atomic mass is 10.0. The number of carbonyl (C=O) groups is 2. The second kappa shape index (κ2) is 10.7. The first-order valence-electron chi connectivity index (χ1n) is 12.2. The molecule has 2 aromatic carbocycles. The first-order chi connectivity index (χ1) is 17.6. The molecule has 3 aromatic rings. The fourth-order valence-electron chi connectivity index (χ4n) is 4.59. The number of fused-ring (bicyclic) bond motifs is 1. The standard InChI is InChI=1S/C27H29N5O4/c1-35-22-10-8-21(9-11-22)27-28-24(36-29-27)19-30-15-17-31(18-16-30)25(33)12-13-26(34)32-14-4-6-20-5-2-3-7-23(20)32/h2-3,5,7-13H,4,6,14-19H2,1H3/b13-12+. The van der Waals surface area contributed by atoms with Crippen LogP contribution in [0.1, 0.15) is 17.9 Å². The van der Waals surface area contributed by atoms with E-state index in [-0.39, 0.29) is 11.8 Å². The summed E-state index contributed by atoms with van der Waals surface area (Å²) in [5.74, 6) is 1.54. The molecular formula is C27H29N5O4. The lowest BCUT2D eigenvalue weighted by molar-refractivity contribution is -0.128. The van der Waals surface area contributed by atoms with E-state index in [2.05, 4.69) is 21.1 Å². The minimum absolute atomic E-state index is 0.145. The smallest absolute Gasteiger partial charge is 0.251 e. The highest BCUT2D eigenvalue weighted by Gasteiger charge is 2.23. The average molecular weight is 488 g/mol. The summed E-state index contributed by atoms with van der Waals surface area (Å²) in [6.45, 7) is 3.71. The Morgan fingerprint density at radius 1 is 0.972 bits per heavy atom. The van der Waals surface area contributed by atoms with Crippen molar-refractivity contribution in [3.05, 3.63) is 72.1 Å². The molecule has 1 saturated heterocycles. The number of piperazine rings is 1. The van der Waals surface area contributed by atoms with Crippen LogP contribution in [-0.2, 0) is 22.6 Å². The number of ether oxygens (including phenoxy) is 1. The molecule has 186 valence electrons. The Hall–Kier alpha value is -3.98. The van der Waals surface area contributed by atoms with E-state index in [1.807, 2.05) is 42.5 Å². The Morgan fingerprint density at radius 3 is 2.50 bits per heavy atom. The lowest BCUT2D eigenvalue weighted by Crippen LogP contribution is -2.48. The Balaban J connectivity index is 1.11. The monoisotopic (exact) mass is 487 g/mol. The number of anilines is 1. The summed E-state index contributed by atoms with van der Waals surface area (Å²) >= 11 is 0. The van der Waals surface area contributed by atoms with Crippen molar-refractivity contribution in [3.63, 3.8) is 0 Å². The Morgan fingerprint density at radius 2 is 1.72 bits per heavy atom. The number of methoxy groups -OCH3 is 1. The number of para-hydroxylation sites is 1. The number of rotatable bonds is 6. The first kappa shape index (κ1) is 23.7. The van der Waals surface area contributed by atoms with Gasteiger partial charge in [-0.1, -0.05) is 23.4 Å². The van der Waals surface area contributed by atoms with Crippen molar-refractivity contribution in [2.75, 3.05) is 44.7 Å². The largest absolute Gasteiger partial charge is 0.497 e. The molecule has 5 rings (SSSR count). The Bertz CT molecular complexity index is 1250. The van der Waals surface area contributed by atoms with E-state index in [9.17, 15) is 9.59 Å². The molecule has 2 aliphatic heterocycles. The normalized spacial score (nSPS) is 16.2. The van der Waals surface area contributed by atoms with Gasteiger partial charge < -0.3 is 19.1 Å². The second-order valence-corrected chi connectivity index (χ2v) is 8.90. The zero-order valence-corrected chi connectivity index (χ0v) is 20.3. The highest BCUT2D eigenvalue weighted by atomic mass is 16.5. The number of nitrogens with zero attached hydrogens (tertiary/aromatic N) is 5. The van der Waals surface area contributed by atoms with E-state index in [1.54, 1.807) is 16.9 Å². The van der Waals surface area contributed by atoms with E-state index in [4.69, 9.17) is 9.26 Å². The summed E-state index contributed by atoms with van der Waals surface area (Å²) in [5.41, 5.74) is 2.97. The summed E-state index contributed by atoms with van der Waals surface area (Å²) in [6, 6.07) is 15.4. The molecule has 0 saturated carbocycles. The van der Waals surface area contributed by atoms with Gasteiger partial charge in [0, 0.05) is 56.1 Å². The number of hydrogen-bond acceptors (Lipinski definition) is 7. The molecule has 0 unspecified atom stereocenters. The Kier molecular flexibility index (Phi) is 7.08. The van der Waals surface area contributed by atoms with Crippen LogP contribution in [0.15, 0.2) is 65.2 Å². The number of carbonyl (C=O) groups excluding carboxylic acids is 2. The fourth-order valence-corrected chi connectivity index (χ4v) is 4.59. The number of hydrogen-bond donors (Lipinski definition) is 0. The van der Waals surface area contributed by atoms with Crippen LogP contribution in [-0.4, -0.2) is 71.6 Å². The highest BCUT2D eigenvalue weighted by Crippen LogP contribution is 2.27. The van der Waals surface area contributed by atoms with Crippen LogP contribution in [0.25, 0.3) is 11.4 Å². The molecule has 0 aliphatic carbocycles. The van der Waals surface area contributed by atoms with Crippen LogP contribution >= 0.6 is 0 Å². The maximum Gasteiger partial charge on any atom is 0.251 e. The molecule has 2 aliphatic rings. The summed E-state index contributed by atoms with van der Waals surface area (Å²) in [5, 5.41) is 4.08. The highest BCUT2D eigenvalue weighted by molar-refractivity contribution is 6.05. The quantitative estimate of drug-likeness (QED) is 0.494. The zero-order chi connectivity index (χ0) is 24.9. The third-order valence-electron chi connectivity index (χ3n) is 6.60. The van der Waals surface area contributed by atoms with Crippen LogP contribution < -0.4 is 9.64 Å². The second-order valence-electron chi connectivity index (χ2n) is 8.90. The molecule has 1 aromatic heterocycles. The van der Waals surface area contributed by atoms with Gasteiger partial charge in [0.25, 0.3) is 5.91 Å². The van der Waals surface area contributed by atoms with Crippen molar-refractivity contribution in [1.82, 2.24) is 19.9 Å². The summed E-state index contributed by atoms with van der Waals surface area (Å²) < 4.78 is 10.6. The number of benzene rings is 2. The van der Waals surface area contributed by atoms with Crippen LogP contribution in [0, 0.1) is 0 Å². The van der Waals surface area contributed by atoms with E-state index in [1.165, 1.54) is 17.7 Å². The molecule has 9 heteroatoms. The van der Waals surface area contributed by atoms with Crippen molar-refractivity contribution in [2.45, 2.75) is 19.4 Å². The number of amides is 2. The molecule has 0 spiro atoms. The van der Waals surface area contributed by atoms with Crippen molar-refractivity contribution in [3.8, 4) is 17.1 Å². The van der Waals surface area contributed by atoms with Gasteiger partial charge in [-0.15, -0.1) is 0 Å². The lowest BCUT2D eigenvalue weighted by Gasteiger charge is -2.33. The van der Waals surface area contributed by atoms with Crippen LogP contribution in [0.2, 0.25) is 0 Å². The van der Waals surface area contributed by atoms with Gasteiger partial charge in [0.05, 0.1) is 13.7 Å². The fraction of sp³-hybridized carbons (Fsp3) is 0.333. The molecule has 0 bridgehead atoms. The number of aromatic nitrogens is 2. The predicted octanol–water partition coefficient (Wildman–Crippen LogP) is 2.93. The van der Waals surface area contributed by atoms with Crippen molar-refractivity contribution in [2.24, 2.45) is 0 Å². The van der Waals surface area contributed by atoms with Gasteiger partial charge in [0.1, 0.15) is 5.75 Å². The molecule has 0 atom stereocenters. The van der Waals surface area contributed by atoms with Crippen molar-refractivity contribution in [1.29, 1.82) is 0 Å². The molecule has 36 heavy (non-hydrogen) atoms. The molecule has 2 amide bonds. The maximum absolute atomic E-state index is 12.8. The Labute approximate surface area is 209 Å². The van der Waals surface area contributed by atoms with Crippen LogP contribution in [0.4, 0.5) is 5.69 Å². The van der Waals surface area contributed by atoms with Gasteiger partial charge in [0.15, 0.2) is 0 Å². The summed E-state index contributed by atoms with van der Waals surface area (Å²) in [6.07, 6.45) is 4.69. The zero-order valence-electron chi connectivity index (χ0n) is 20.3.